The van der Waals surface area contributed by atoms with E-state index >= 15 is 0 Å². The monoisotopic (exact) mass is 154 g/mol. The highest BCUT2D eigenvalue weighted by Crippen LogP contribution is 2.17. The van der Waals surface area contributed by atoms with Crippen molar-refractivity contribution < 1.29 is 9.53 Å². The smallest absolute Gasteiger partial charge is 0.135 e. The van der Waals surface area contributed by atoms with Crippen LogP contribution in [0.25, 0.3) is 0 Å². The Balaban J connectivity index is 2.22. The molecule has 0 bridgehead atoms. The van der Waals surface area contributed by atoms with Crippen molar-refractivity contribution in [1.82, 2.24) is 0 Å². The molecular weight excluding hydrogens is 140 g/mol. The van der Waals surface area contributed by atoms with E-state index in [1.807, 2.05) is 0 Å². The molecular formula is C9H14O2. The van der Waals surface area contributed by atoms with E-state index in [4.69, 9.17) is 4.74 Å². The number of Topliss-reactive ketones (excluding diaryl/α,β-unsaturated/α-hetero) is 1. The SMILES string of the molecule is C=CCOC1CCCC(=O)C1. The molecule has 2 heteroatoms. The van der Waals surface area contributed by atoms with Crippen LogP contribution in [0.5, 0.6) is 0 Å². The predicted octanol–water partition coefficient (Wildman–Crippen LogP) is 1.70. The highest BCUT2D eigenvalue weighted by molar-refractivity contribution is 5.79. The fraction of sp³-hybridized carbons (Fsp3) is 0.667. The van der Waals surface area contributed by atoms with E-state index in [1.54, 1.807) is 6.08 Å². The fourth-order valence-corrected chi connectivity index (χ4v) is 1.33. The van der Waals surface area contributed by atoms with Gasteiger partial charge >= 0.3 is 0 Å². The summed E-state index contributed by atoms with van der Waals surface area (Å²) in [6, 6.07) is 0. The Morgan fingerprint density at radius 3 is 3.18 bits per heavy atom. The van der Waals surface area contributed by atoms with E-state index in [0.29, 0.717) is 18.8 Å². The van der Waals surface area contributed by atoms with Crippen LogP contribution in [-0.4, -0.2) is 18.5 Å². The first-order valence-corrected chi connectivity index (χ1v) is 4.07. The van der Waals surface area contributed by atoms with Crippen LogP contribution in [0.1, 0.15) is 25.7 Å². The zero-order valence-corrected chi connectivity index (χ0v) is 6.71. The largest absolute Gasteiger partial charge is 0.374 e. The summed E-state index contributed by atoms with van der Waals surface area (Å²) in [5.41, 5.74) is 0. The molecule has 1 rings (SSSR count). The third-order valence-corrected chi connectivity index (χ3v) is 1.89. The Kier molecular flexibility index (Phi) is 3.30. The van der Waals surface area contributed by atoms with Gasteiger partial charge in [0.05, 0.1) is 12.7 Å². The predicted molar refractivity (Wildman–Crippen MR) is 43.4 cm³/mol. The number of carbonyl (C=O) groups is 1. The molecule has 1 saturated carbocycles. The third kappa shape index (κ3) is 2.85. The molecule has 0 aromatic carbocycles. The Hall–Kier alpha value is -0.630. The van der Waals surface area contributed by atoms with Crippen LogP contribution >= 0.6 is 0 Å². The second-order valence-electron chi connectivity index (χ2n) is 2.88. The number of hydrogen-bond acceptors (Lipinski definition) is 2. The first-order chi connectivity index (χ1) is 5.33. The maximum Gasteiger partial charge on any atom is 0.135 e. The lowest BCUT2D eigenvalue weighted by Crippen LogP contribution is -2.22. The van der Waals surface area contributed by atoms with Gasteiger partial charge in [-0.15, -0.1) is 6.58 Å². The van der Waals surface area contributed by atoms with Gasteiger partial charge in [-0.3, -0.25) is 4.79 Å². The second kappa shape index (κ2) is 4.29. The summed E-state index contributed by atoms with van der Waals surface area (Å²) in [7, 11) is 0. The Labute approximate surface area is 67.2 Å². The van der Waals surface area contributed by atoms with Crippen molar-refractivity contribution in [3.8, 4) is 0 Å². The molecule has 0 aromatic rings. The molecule has 11 heavy (non-hydrogen) atoms. The summed E-state index contributed by atoms with van der Waals surface area (Å²) >= 11 is 0. The molecule has 0 aliphatic heterocycles. The van der Waals surface area contributed by atoms with Crippen LogP contribution in [0, 0.1) is 0 Å². The molecule has 0 aromatic heterocycles. The maximum absolute atomic E-state index is 10.9. The molecule has 1 atom stereocenters. The fourth-order valence-electron chi connectivity index (χ4n) is 1.33. The normalized spacial score (nSPS) is 25.1. The average Bonchev–Trinajstić information content (AvgIpc) is 2.01. The van der Waals surface area contributed by atoms with E-state index in [1.165, 1.54) is 0 Å². The zero-order chi connectivity index (χ0) is 8.10. The van der Waals surface area contributed by atoms with Gasteiger partial charge in [0.25, 0.3) is 0 Å². The first-order valence-electron chi connectivity index (χ1n) is 4.07. The molecule has 1 unspecified atom stereocenters. The summed E-state index contributed by atoms with van der Waals surface area (Å²) in [5.74, 6) is 0.338. The molecule has 1 aliphatic carbocycles. The van der Waals surface area contributed by atoms with Gasteiger partial charge in [0, 0.05) is 12.8 Å². The van der Waals surface area contributed by atoms with Crippen molar-refractivity contribution in [3.63, 3.8) is 0 Å². The van der Waals surface area contributed by atoms with E-state index < -0.39 is 0 Å². The van der Waals surface area contributed by atoms with E-state index in [0.717, 1.165) is 19.3 Å². The van der Waals surface area contributed by atoms with Gasteiger partial charge in [-0.1, -0.05) is 6.08 Å². The molecule has 1 fully saturated rings. The third-order valence-electron chi connectivity index (χ3n) is 1.89. The highest BCUT2D eigenvalue weighted by Gasteiger charge is 2.18. The Morgan fingerprint density at radius 1 is 1.73 bits per heavy atom. The van der Waals surface area contributed by atoms with Crippen LogP contribution in [-0.2, 0) is 9.53 Å². The van der Waals surface area contributed by atoms with E-state index in [2.05, 4.69) is 6.58 Å². The topological polar surface area (TPSA) is 26.3 Å². The molecule has 2 nitrogen and oxygen atoms in total. The quantitative estimate of drug-likeness (QED) is 0.578. The van der Waals surface area contributed by atoms with Gasteiger partial charge in [0.2, 0.25) is 0 Å². The van der Waals surface area contributed by atoms with E-state index in [9.17, 15) is 4.79 Å². The molecule has 0 spiro atoms. The number of carbonyl (C=O) groups excluding carboxylic acids is 1. The minimum Gasteiger partial charge on any atom is -0.374 e. The van der Waals surface area contributed by atoms with Crippen molar-refractivity contribution in [2.45, 2.75) is 31.8 Å². The zero-order valence-electron chi connectivity index (χ0n) is 6.71. The number of rotatable bonds is 3. The summed E-state index contributed by atoms with van der Waals surface area (Å²) in [4.78, 5) is 10.9. The van der Waals surface area contributed by atoms with Gasteiger partial charge in [-0.2, -0.15) is 0 Å². The van der Waals surface area contributed by atoms with Gasteiger partial charge in [0.1, 0.15) is 5.78 Å². The lowest BCUT2D eigenvalue weighted by Gasteiger charge is -2.20. The number of ether oxygens (including phenoxy) is 1. The lowest BCUT2D eigenvalue weighted by molar-refractivity contribution is -0.124. The average molecular weight is 154 g/mol. The van der Waals surface area contributed by atoms with Crippen molar-refractivity contribution in [1.29, 1.82) is 0 Å². The van der Waals surface area contributed by atoms with Crippen LogP contribution in [0.4, 0.5) is 0 Å². The van der Waals surface area contributed by atoms with E-state index in [-0.39, 0.29) is 6.10 Å². The minimum absolute atomic E-state index is 0.161. The van der Waals surface area contributed by atoms with Crippen molar-refractivity contribution in [2.24, 2.45) is 0 Å². The highest BCUT2D eigenvalue weighted by atomic mass is 16.5. The van der Waals surface area contributed by atoms with Crippen LogP contribution in [0.15, 0.2) is 12.7 Å². The van der Waals surface area contributed by atoms with Gasteiger partial charge in [0.15, 0.2) is 0 Å². The summed E-state index contributed by atoms with van der Waals surface area (Å²) in [6.07, 6.45) is 5.25. The molecule has 0 heterocycles. The van der Waals surface area contributed by atoms with Crippen LogP contribution in [0.3, 0.4) is 0 Å². The van der Waals surface area contributed by atoms with Crippen LogP contribution < -0.4 is 0 Å². The van der Waals surface area contributed by atoms with Gasteiger partial charge in [-0.25, -0.2) is 0 Å². The minimum atomic E-state index is 0.161. The summed E-state index contributed by atoms with van der Waals surface area (Å²) < 4.78 is 5.36. The summed E-state index contributed by atoms with van der Waals surface area (Å²) in [6.45, 7) is 4.12. The Morgan fingerprint density at radius 2 is 2.55 bits per heavy atom. The second-order valence-corrected chi connectivity index (χ2v) is 2.88. The maximum atomic E-state index is 10.9. The Bertz CT molecular complexity index is 152. The van der Waals surface area contributed by atoms with Crippen LogP contribution in [0.2, 0.25) is 0 Å². The summed E-state index contributed by atoms with van der Waals surface area (Å²) in [5, 5.41) is 0. The van der Waals surface area contributed by atoms with Gasteiger partial charge < -0.3 is 4.74 Å². The van der Waals surface area contributed by atoms with Crippen molar-refractivity contribution >= 4 is 5.78 Å². The van der Waals surface area contributed by atoms with Gasteiger partial charge in [-0.05, 0) is 12.8 Å². The molecule has 0 amide bonds. The number of ketones is 1. The van der Waals surface area contributed by atoms with Crippen molar-refractivity contribution in [3.05, 3.63) is 12.7 Å². The molecule has 0 saturated heterocycles. The molecule has 0 radical (unpaired) electrons. The molecule has 1 aliphatic rings. The molecule has 0 N–H and O–H groups in total. The number of hydrogen-bond donors (Lipinski definition) is 0. The lowest BCUT2D eigenvalue weighted by atomic mass is 9.96. The standard InChI is InChI=1S/C9H14O2/c1-2-6-11-9-5-3-4-8(10)7-9/h2,9H,1,3-7H2. The molecule has 62 valence electrons. The first kappa shape index (κ1) is 8.47. The van der Waals surface area contributed by atoms with Crippen molar-refractivity contribution in [2.75, 3.05) is 6.61 Å².